The van der Waals surface area contributed by atoms with E-state index in [0.29, 0.717) is 0 Å². The zero-order valence-electron chi connectivity index (χ0n) is 16.1. The molecule has 142 valence electrons. The first kappa shape index (κ1) is 22.5. The van der Waals surface area contributed by atoms with Crippen LogP contribution in [-0.4, -0.2) is 33.2 Å². The van der Waals surface area contributed by atoms with Crippen molar-refractivity contribution in [1.82, 2.24) is 0 Å². The topological polar surface area (TPSA) is 52.6 Å². The highest BCUT2D eigenvalue weighted by Gasteiger charge is 2.48. The number of hydrogen-bond donors (Lipinski definition) is 0. The number of esters is 2. The van der Waals surface area contributed by atoms with Gasteiger partial charge >= 0.3 is 11.9 Å². The lowest BCUT2D eigenvalue weighted by atomic mass is 9.78. The van der Waals surface area contributed by atoms with E-state index in [2.05, 4.69) is 47.0 Å². The molecule has 26 heavy (non-hydrogen) atoms. The number of carbonyl (C=O) groups excluding carboxylic acids is 2. The van der Waals surface area contributed by atoms with Gasteiger partial charge in [-0.15, -0.1) is 11.5 Å². The number of hydrogen-bond acceptors (Lipinski definition) is 4. The fourth-order valence-electron chi connectivity index (χ4n) is 2.40. The predicted octanol–water partition coefficient (Wildman–Crippen LogP) is 4.38. The molecule has 0 fully saturated rings. The van der Waals surface area contributed by atoms with Gasteiger partial charge in [0.25, 0.3) is 0 Å². The highest BCUT2D eigenvalue weighted by Crippen LogP contribution is 2.33. The molecule has 4 nitrogen and oxygen atoms in total. The van der Waals surface area contributed by atoms with E-state index in [1.165, 1.54) is 0 Å². The maximum Gasteiger partial charge on any atom is 0.324 e. The minimum Gasteiger partial charge on any atom is -0.465 e. The fraction of sp³-hybridized carbons (Fsp3) is 0.500. The summed E-state index contributed by atoms with van der Waals surface area (Å²) in [7, 11) is -1.64. The van der Waals surface area contributed by atoms with Crippen molar-refractivity contribution >= 4 is 35.9 Å². The Hall–Kier alpha value is -1.58. The van der Waals surface area contributed by atoms with Crippen LogP contribution >= 0.6 is 15.9 Å². The first-order valence-electron chi connectivity index (χ1n) is 8.74. The van der Waals surface area contributed by atoms with E-state index in [1.807, 2.05) is 24.3 Å². The Morgan fingerprint density at radius 3 is 2.08 bits per heavy atom. The molecule has 0 unspecified atom stereocenters. The van der Waals surface area contributed by atoms with Crippen LogP contribution in [0.1, 0.15) is 25.8 Å². The highest BCUT2D eigenvalue weighted by molar-refractivity contribution is 9.10. The second kappa shape index (κ2) is 9.93. The Bertz CT molecular complexity index is 680. The molecule has 1 aromatic rings. The average molecular weight is 439 g/mol. The predicted molar refractivity (Wildman–Crippen MR) is 109 cm³/mol. The summed E-state index contributed by atoms with van der Waals surface area (Å²) in [6.07, 6.45) is 0.253. The van der Waals surface area contributed by atoms with Crippen LogP contribution in [-0.2, 0) is 25.5 Å². The number of ether oxygens (including phenoxy) is 2. The maximum absolute atomic E-state index is 12.9. The lowest BCUT2D eigenvalue weighted by Crippen LogP contribution is -2.44. The van der Waals surface area contributed by atoms with Crippen molar-refractivity contribution in [2.24, 2.45) is 5.41 Å². The Kier molecular flexibility index (Phi) is 8.58. The second-order valence-corrected chi connectivity index (χ2v) is 12.6. The van der Waals surface area contributed by atoms with Gasteiger partial charge in [-0.25, -0.2) is 0 Å². The van der Waals surface area contributed by atoms with Gasteiger partial charge in [0.05, 0.1) is 13.2 Å². The minimum absolute atomic E-state index is 0.0796. The molecule has 0 atom stereocenters. The Labute approximate surface area is 165 Å². The van der Waals surface area contributed by atoms with E-state index in [9.17, 15) is 9.59 Å². The summed E-state index contributed by atoms with van der Waals surface area (Å²) < 4.78 is 11.3. The molecule has 0 aliphatic carbocycles. The second-order valence-electron chi connectivity index (χ2n) is 7.02. The van der Waals surface area contributed by atoms with Gasteiger partial charge < -0.3 is 9.47 Å². The van der Waals surface area contributed by atoms with Crippen molar-refractivity contribution in [3.8, 4) is 11.5 Å². The lowest BCUT2D eigenvalue weighted by molar-refractivity contribution is -0.171. The Balaban J connectivity index is 3.41. The van der Waals surface area contributed by atoms with Crippen LogP contribution < -0.4 is 0 Å². The van der Waals surface area contributed by atoms with Crippen molar-refractivity contribution in [2.75, 3.05) is 13.2 Å². The molecule has 0 heterocycles. The van der Waals surface area contributed by atoms with Crippen LogP contribution in [0.3, 0.4) is 0 Å². The summed E-state index contributed by atoms with van der Waals surface area (Å²) in [6, 6.07) is 7.51. The molecule has 1 rings (SSSR count). The molecule has 0 aromatic heterocycles. The molecule has 0 radical (unpaired) electrons. The zero-order valence-corrected chi connectivity index (χ0v) is 18.7. The third-order valence-corrected chi connectivity index (χ3v) is 5.34. The molecular weight excluding hydrogens is 412 g/mol. The summed E-state index contributed by atoms with van der Waals surface area (Å²) >= 11 is 3.49. The summed E-state index contributed by atoms with van der Waals surface area (Å²) in [5.41, 5.74) is 2.60. The van der Waals surface area contributed by atoms with E-state index >= 15 is 0 Å². The van der Waals surface area contributed by atoms with Crippen molar-refractivity contribution in [1.29, 1.82) is 0 Å². The first-order valence-corrected chi connectivity index (χ1v) is 13.0. The first-order chi connectivity index (χ1) is 12.2. The smallest absolute Gasteiger partial charge is 0.324 e. The van der Waals surface area contributed by atoms with Crippen molar-refractivity contribution in [3.63, 3.8) is 0 Å². The van der Waals surface area contributed by atoms with Gasteiger partial charge in [-0.05, 0) is 25.5 Å². The van der Waals surface area contributed by atoms with E-state index in [-0.39, 0.29) is 26.1 Å². The van der Waals surface area contributed by atoms with Gasteiger partial charge in [-0.3, -0.25) is 9.59 Å². The Morgan fingerprint density at radius 1 is 1.08 bits per heavy atom. The summed E-state index contributed by atoms with van der Waals surface area (Å²) in [5.74, 6) is 1.91. The highest BCUT2D eigenvalue weighted by atomic mass is 79.9. The molecular formula is C20H27BrO4Si. The SMILES string of the molecule is CCOC(=O)C(CC#C[Si](C)(C)C)(Cc1ccccc1Br)C(=O)OCC. The van der Waals surface area contributed by atoms with Crippen molar-refractivity contribution < 1.29 is 19.1 Å². The third-order valence-electron chi connectivity index (χ3n) is 3.64. The van der Waals surface area contributed by atoms with Crippen LogP contribution in [0.2, 0.25) is 19.6 Å². The molecule has 0 aliphatic heterocycles. The summed E-state index contributed by atoms with van der Waals surface area (Å²) in [5, 5.41) is 0. The molecule has 0 saturated carbocycles. The molecule has 0 amide bonds. The van der Waals surface area contributed by atoms with E-state index < -0.39 is 25.4 Å². The molecule has 0 bridgehead atoms. The van der Waals surface area contributed by atoms with Crippen molar-refractivity contribution in [3.05, 3.63) is 34.3 Å². The van der Waals surface area contributed by atoms with Crippen molar-refractivity contribution in [2.45, 2.75) is 46.3 Å². The normalized spacial score (nSPS) is 11.3. The van der Waals surface area contributed by atoms with Gasteiger partial charge in [-0.1, -0.05) is 53.8 Å². The van der Waals surface area contributed by atoms with E-state index in [4.69, 9.17) is 9.47 Å². The summed E-state index contributed by atoms with van der Waals surface area (Å²) in [6.45, 7) is 10.2. The largest absolute Gasteiger partial charge is 0.465 e. The molecule has 0 spiro atoms. The van der Waals surface area contributed by atoms with Gasteiger partial charge in [0, 0.05) is 17.3 Å². The number of carbonyl (C=O) groups is 2. The van der Waals surface area contributed by atoms with Gasteiger partial charge in [0.1, 0.15) is 8.07 Å². The van der Waals surface area contributed by atoms with Crippen LogP contribution in [0.5, 0.6) is 0 Å². The number of halogens is 1. The van der Waals surface area contributed by atoms with Crippen LogP contribution in [0, 0.1) is 16.9 Å². The van der Waals surface area contributed by atoms with Gasteiger partial charge in [-0.2, -0.15) is 0 Å². The molecule has 0 N–H and O–H groups in total. The quantitative estimate of drug-likeness (QED) is 0.274. The molecule has 6 heteroatoms. The lowest BCUT2D eigenvalue weighted by Gasteiger charge is -2.28. The molecule has 0 aliphatic rings. The molecule has 1 aromatic carbocycles. The maximum atomic E-state index is 12.9. The van der Waals surface area contributed by atoms with E-state index in [0.717, 1.165) is 10.0 Å². The standard InChI is InChI=1S/C20H27BrO4Si/c1-6-24-18(22)20(19(23)25-7-2,13-10-14-26(3,4)5)15-16-11-8-9-12-17(16)21/h8-9,11-12H,6-7,13,15H2,1-5H3. The van der Waals surface area contributed by atoms with Crippen LogP contribution in [0.15, 0.2) is 28.7 Å². The zero-order chi connectivity index (χ0) is 19.8. The van der Waals surface area contributed by atoms with Crippen LogP contribution in [0.25, 0.3) is 0 Å². The third kappa shape index (κ3) is 6.29. The number of rotatable bonds is 7. The minimum atomic E-state index is -1.64. The van der Waals surface area contributed by atoms with Gasteiger partial charge in [0.2, 0.25) is 0 Å². The summed E-state index contributed by atoms with van der Waals surface area (Å²) in [4.78, 5) is 25.7. The van der Waals surface area contributed by atoms with E-state index in [1.54, 1.807) is 13.8 Å². The average Bonchev–Trinajstić information content (AvgIpc) is 2.55. The monoisotopic (exact) mass is 438 g/mol. The molecule has 0 saturated heterocycles. The fourth-order valence-corrected chi connectivity index (χ4v) is 3.44. The number of benzene rings is 1. The van der Waals surface area contributed by atoms with Crippen LogP contribution in [0.4, 0.5) is 0 Å². The van der Waals surface area contributed by atoms with Gasteiger partial charge in [0.15, 0.2) is 5.41 Å². The Morgan fingerprint density at radius 2 is 1.62 bits per heavy atom.